The van der Waals surface area contributed by atoms with Crippen LogP contribution < -0.4 is 4.74 Å². The maximum absolute atomic E-state index is 11.0. The summed E-state index contributed by atoms with van der Waals surface area (Å²) >= 11 is 5.79. The number of benzene rings is 1. The van der Waals surface area contributed by atoms with Gasteiger partial charge in [0.05, 0.1) is 5.33 Å². The van der Waals surface area contributed by atoms with Gasteiger partial charge >= 0.3 is 10.1 Å². The van der Waals surface area contributed by atoms with Crippen molar-refractivity contribution in [2.24, 2.45) is 0 Å². The summed E-state index contributed by atoms with van der Waals surface area (Å²) in [5.41, 5.74) is 0. The molecule has 0 amide bonds. The van der Waals surface area contributed by atoms with Gasteiger partial charge in [-0.05, 0) is 28.1 Å². The zero-order valence-electron chi connectivity index (χ0n) is 7.43. The Labute approximate surface area is 105 Å². The van der Waals surface area contributed by atoms with Gasteiger partial charge in [0.2, 0.25) is 0 Å². The lowest BCUT2D eigenvalue weighted by Crippen LogP contribution is -2.39. The van der Waals surface area contributed by atoms with Crippen LogP contribution >= 0.6 is 31.9 Å². The van der Waals surface area contributed by atoms with Crippen molar-refractivity contribution in [2.45, 2.75) is 3.84 Å². The highest BCUT2D eigenvalue weighted by molar-refractivity contribution is 9.13. The summed E-state index contributed by atoms with van der Waals surface area (Å²) in [6, 6.07) is 8.33. The molecule has 1 unspecified atom stereocenters. The molecule has 1 atom stereocenters. The number of ether oxygens (including phenoxy) is 1. The minimum atomic E-state index is -4.37. The van der Waals surface area contributed by atoms with E-state index in [-0.39, 0.29) is 5.33 Å². The highest BCUT2D eigenvalue weighted by Crippen LogP contribution is 2.30. The van der Waals surface area contributed by atoms with Crippen molar-refractivity contribution in [3.63, 3.8) is 0 Å². The van der Waals surface area contributed by atoms with E-state index in [1.807, 2.05) is 0 Å². The molecule has 1 aromatic rings. The third kappa shape index (κ3) is 3.17. The van der Waals surface area contributed by atoms with E-state index in [4.69, 9.17) is 9.29 Å². The van der Waals surface area contributed by atoms with E-state index < -0.39 is 14.0 Å². The Balaban J connectivity index is 2.97. The maximum Gasteiger partial charge on any atom is 0.318 e. The van der Waals surface area contributed by atoms with Crippen LogP contribution in [0.3, 0.4) is 0 Å². The van der Waals surface area contributed by atoms with Crippen LogP contribution in [0.2, 0.25) is 0 Å². The standard InChI is InChI=1S/C8H8Br2O4S/c9-6-8(10,15(11,12)13)14-7-4-2-1-3-5-7/h1-5H,6H2,(H,11,12,13). The quantitative estimate of drug-likeness (QED) is 0.662. The van der Waals surface area contributed by atoms with Gasteiger partial charge < -0.3 is 4.74 Å². The van der Waals surface area contributed by atoms with Crippen LogP contribution in [0.5, 0.6) is 5.75 Å². The van der Waals surface area contributed by atoms with Crippen molar-refractivity contribution in [3.8, 4) is 5.75 Å². The van der Waals surface area contributed by atoms with Crippen LogP contribution in [0.15, 0.2) is 30.3 Å². The summed E-state index contributed by atoms with van der Waals surface area (Å²) in [6.45, 7) is 0. The fraction of sp³-hybridized carbons (Fsp3) is 0.250. The Bertz CT molecular complexity index is 420. The largest absolute Gasteiger partial charge is 0.458 e. The zero-order valence-corrected chi connectivity index (χ0v) is 11.4. The number of para-hydroxylation sites is 1. The van der Waals surface area contributed by atoms with Crippen molar-refractivity contribution in [1.29, 1.82) is 0 Å². The van der Waals surface area contributed by atoms with Crippen molar-refractivity contribution < 1.29 is 17.7 Å². The molecule has 0 aliphatic carbocycles. The van der Waals surface area contributed by atoms with Crippen LogP contribution in [0.25, 0.3) is 0 Å². The van der Waals surface area contributed by atoms with Crippen LogP contribution in [0, 0.1) is 0 Å². The van der Waals surface area contributed by atoms with Gasteiger partial charge in [0.15, 0.2) is 0 Å². The van der Waals surface area contributed by atoms with E-state index in [2.05, 4.69) is 31.9 Å². The second-order valence-electron chi connectivity index (χ2n) is 2.68. The predicted molar refractivity (Wildman–Crippen MR) is 64.1 cm³/mol. The van der Waals surface area contributed by atoms with Gasteiger partial charge in [-0.25, -0.2) is 0 Å². The van der Waals surface area contributed by atoms with Crippen molar-refractivity contribution in [3.05, 3.63) is 30.3 Å². The zero-order chi connectivity index (χ0) is 11.5. The molecule has 0 fully saturated rings. The summed E-state index contributed by atoms with van der Waals surface area (Å²) in [6.07, 6.45) is 0. The molecule has 0 radical (unpaired) electrons. The fourth-order valence-corrected chi connectivity index (χ4v) is 2.32. The molecule has 0 aromatic heterocycles. The van der Waals surface area contributed by atoms with Gasteiger partial charge in [0.25, 0.3) is 3.84 Å². The molecular formula is C8H8Br2O4S. The molecule has 84 valence electrons. The Morgan fingerprint density at radius 2 is 1.87 bits per heavy atom. The van der Waals surface area contributed by atoms with Gasteiger partial charge in [0.1, 0.15) is 5.75 Å². The topological polar surface area (TPSA) is 63.6 Å². The van der Waals surface area contributed by atoms with Gasteiger partial charge in [0, 0.05) is 0 Å². The second kappa shape index (κ2) is 4.82. The Morgan fingerprint density at radius 1 is 1.33 bits per heavy atom. The van der Waals surface area contributed by atoms with Gasteiger partial charge in [-0.3, -0.25) is 4.55 Å². The first-order valence-corrected chi connectivity index (χ1v) is 7.20. The highest BCUT2D eigenvalue weighted by Gasteiger charge is 2.42. The molecule has 1 rings (SSSR count). The summed E-state index contributed by atoms with van der Waals surface area (Å²) in [7, 11) is -4.37. The van der Waals surface area contributed by atoms with Crippen LogP contribution in [0.4, 0.5) is 0 Å². The molecule has 0 bridgehead atoms. The third-order valence-corrected chi connectivity index (χ3v) is 6.14. The summed E-state index contributed by atoms with van der Waals surface area (Å²) in [5, 5.41) is -0.103. The molecule has 0 spiro atoms. The number of halogens is 2. The average molecular weight is 360 g/mol. The monoisotopic (exact) mass is 358 g/mol. The van der Waals surface area contributed by atoms with E-state index in [0.29, 0.717) is 5.75 Å². The first-order valence-electron chi connectivity index (χ1n) is 3.85. The number of rotatable bonds is 4. The lowest BCUT2D eigenvalue weighted by Gasteiger charge is -2.23. The number of alkyl halides is 2. The van der Waals surface area contributed by atoms with Crippen molar-refractivity contribution in [2.75, 3.05) is 5.33 Å². The summed E-state index contributed by atoms with van der Waals surface area (Å²) in [4.78, 5) is 0. The highest BCUT2D eigenvalue weighted by atomic mass is 79.9. The first kappa shape index (κ1) is 13.0. The summed E-state index contributed by atoms with van der Waals surface area (Å²) in [5.74, 6) is 0.339. The molecule has 0 heterocycles. The average Bonchev–Trinajstić information content (AvgIpc) is 2.17. The van der Waals surface area contributed by atoms with Crippen LogP contribution in [0.1, 0.15) is 0 Å². The number of hydrogen-bond donors (Lipinski definition) is 1. The lowest BCUT2D eigenvalue weighted by molar-refractivity contribution is 0.256. The molecule has 0 saturated carbocycles. The fourth-order valence-electron chi connectivity index (χ4n) is 0.813. The molecule has 7 heteroatoms. The molecule has 4 nitrogen and oxygen atoms in total. The third-order valence-electron chi connectivity index (χ3n) is 1.56. The van der Waals surface area contributed by atoms with Gasteiger partial charge in [-0.15, -0.1) is 0 Å². The van der Waals surface area contributed by atoms with E-state index in [1.165, 1.54) is 0 Å². The van der Waals surface area contributed by atoms with E-state index in [1.54, 1.807) is 30.3 Å². The number of hydrogen-bond acceptors (Lipinski definition) is 3. The Hall–Kier alpha value is -0.110. The maximum atomic E-state index is 11.0. The SMILES string of the molecule is O=S(=O)(O)C(Br)(CBr)Oc1ccccc1. The van der Waals surface area contributed by atoms with Gasteiger partial charge in [-0.1, -0.05) is 34.1 Å². The second-order valence-corrected chi connectivity index (χ2v) is 6.66. The van der Waals surface area contributed by atoms with Crippen LogP contribution in [-0.4, -0.2) is 22.1 Å². The lowest BCUT2D eigenvalue weighted by atomic mass is 10.3. The van der Waals surface area contributed by atoms with E-state index in [0.717, 1.165) is 0 Å². The molecule has 1 aromatic carbocycles. The Morgan fingerprint density at radius 3 is 2.27 bits per heavy atom. The molecule has 0 saturated heterocycles. The van der Waals surface area contributed by atoms with Crippen LogP contribution in [-0.2, 0) is 10.1 Å². The molecule has 0 aliphatic heterocycles. The summed E-state index contributed by atoms with van der Waals surface area (Å²) < 4.78 is 34.3. The Kier molecular flexibility index (Phi) is 4.16. The van der Waals surface area contributed by atoms with Crippen molar-refractivity contribution in [1.82, 2.24) is 0 Å². The molecule has 15 heavy (non-hydrogen) atoms. The van der Waals surface area contributed by atoms with E-state index >= 15 is 0 Å². The minimum Gasteiger partial charge on any atom is -0.458 e. The molecule has 0 aliphatic rings. The molecule has 1 N–H and O–H groups in total. The minimum absolute atomic E-state index is 0.103. The van der Waals surface area contributed by atoms with Crippen molar-refractivity contribution >= 4 is 42.0 Å². The smallest absolute Gasteiger partial charge is 0.318 e. The van der Waals surface area contributed by atoms with Gasteiger partial charge in [-0.2, -0.15) is 8.42 Å². The predicted octanol–water partition coefficient (Wildman–Crippen LogP) is 2.40. The molecular weight excluding hydrogens is 352 g/mol. The van der Waals surface area contributed by atoms with E-state index in [9.17, 15) is 8.42 Å². The first-order chi connectivity index (χ1) is 6.89. The normalized spacial score (nSPS) is 15.7.